The number of phenols is 1. The average molecular weight is 492 g/mol. The van der Waals surface area contributed by atoms with Crippen LogP contribution >= 0.6 is 11.6 Å². The molecule has 2 aromatic carbocycles. The van der Waals surface area contributed by atoms with Gasteiger partial charge in [0.25, 0.3) is 5.91 Å². The molecule has 11 heteroatoms. The number of carbonyl (C=O) groups is 3. The minimum atomic E-state index is -1.42. The highest BCUT2D eigenvalue weighted by molar-refractivity contribution is 6.31. The van der Waals surface area contributed by atoms with Gasteiger partial charge in [0.2, 0.25) is 11.8 Å². The molecule has 34 heavy (non-hydrogen) atoms. The van der Waals surface area contributed by atoms with E-state index in [0.717, 1.165) is 12.1 Å². The standard InChI is InChI=1S/C23H23ClFN3O6/c24-15-8-12(3-6-16(15)25)22(33)27-17-9-13(10-19(30)20(17)31)23(34)28-18(21(26)32)7-11-1-4-14(29)5-2-11/h1-6,8-9,17-20,29-31H,7,10H2,(H2,26,32)(H,27,33)(H,28,34). The second-order valence-electron chi connectivity index (χ2n) is 7.88. The summed E-state index contributed by atoms with van der Waals surface area (Å²) in [5, 5.41) is 34.6. The number of phenolic OH excluding ortho intramolecular Hbond substituents is 1. The van der Waals surface area contributed by atoms with Gasteiger partial charge in [0.15, 0.2) is 0 Å². The van der Waals surface area contributed by atoms with E-state index in [1.165, 1.54) is 24.3 Å². The number of nitrogens with two attached hydrogens (primary N) is 1. The quantitative estimate of drug-likeness (QED) is 0.331. The number of aliphatic hydroxyl groups is 2. The Labute approximate surface area is 199 Å². The fraction of sp³-hybridized carbons (Fsp3) is 0.261. The van der Waals surface area contributed by atoms with Crippen LogP contribution in [-0.2, 0) is 16.0 Å². The smallest absolute Gasteiger partial charge is 0.251 e. The minimum Gasteiger partial charge on any atom is -0.508 e. The first-order valence-corrected chi connectivity index (χ1v) is 10.6. The number of aliphatic hydroxyl groups excluding tert-OH is 2. The Morgan fingerprint density at radius 2 is 1.79 bits per heavy atom. The van der Waals surface area contributed by atoms with Crippen molar-refractivity contribution < 1.29 is 34.1 Å². The summed E-state index contributed by atoms with van der Waals surface area (Å²) in [6, 6.07) is 7.08. The van der Waals surface area contributed by atoms with Gasteiger partial charge in [-0.2, -0.15) is 0 Å². The van der Waals surface area contributed by atoms with Crippen LogP contribution in [0.25, 0.3) is 0 Å². The Hall–Kier alpha value is -3.47. The first-order chi connectivity index (χ1) is 16.0. The van der Waals surface area contributed by atoms with Crippen molar-refractivity contribution in [1.29, 1.82) is 0 Å². The Kier molecular flexibility index (Phi) is 7.87. The van der Waals surface area contributed by atoms with Crippen molar-refractivity contribution in [1.82, 2.24) is 10.6 Å². The van der Waals surface area contributed by atoms with E-state index in [0.29, 0.717) is 5.56 Å². The molecule has 1 aliphatic carbocycles. The van der Waals surface area contributed by atoms with Crippen LogP contribution in [0.1, 0.15) is 22.3 Å². The van der Waals surface area contributed by atoms with Crippen LogP contribution in [0.3, 0.4) is 0 Å². The van der Waals surface area contributed by atoms with E-state index in [-0.39, 0.29) is 34.8 Å². The van der Waals surface area contributed by atoms with Crippen LogP contribution < -0.4 is 16.4 Å². The molecule has 7 N–H and O–H groups in total. The van der Waals surface area contributed by atoms with Gasteiger partial charge in [0.1, 0.15) is 23.7 Å². The molecule has 0 bridgehead atoms. The zero-order valence-electron chi connectivity index (χ0n) is 17.7. The summed E-state index contributed by atoms with van der Waals surface area (Å²) < 4.78 is 13.4. The number of amides is 3. The molecule has 0 aromatic heterocycles. The van der Waals surface area contributed by atoms with E-state index < -0.39 is 47.8 Å². The zero-order chi connectivity index (χ0) is 25.0. The molecule has 1 aliphatic rings. The van der Waals surface area contributed by atoms with Crippen molar-refractivity contribution in [3.8, 4) is 5.75 Å². The molecule has 0 spiro atoms. The maximum absolute atomic E-state index is 13.4. The van der Waals surface area contributed by atoms with Crippen LogP contribution in [-0.4, -0.2) is 57.3 Å². The Morgan fingerprint density at radius 3 is 2.41 bits per heavy atom. The molecule has 0 saturated carbocycles. The number of aromatic hydroxyl groups is 1. The van der Waals surface area contributed by atoms with Gasteiger partial charge in [-0.25, -0.2) is 4.39 Å². The fourth-order valence-corrected chi connectivity index (χ4v) is 3.66. The summed E-state index contributed by atoms with van der Waals surface area (Å²) in [4.78, 5) is 37.2. The summed E-state index contributed by atoms with van der Waals surface area (Å²) in [6.45, 7) is 0. The lowest BCUT2D eigenvalue weighted by atomic mass is 9.89. The molecule has 4 atom stereocenters. The number of rotatable bonds is 7. The van der Waals surface area contributed by atoms with Crippen molar-refractivity contribution in [3.63, 3.8) is 0 Å². The largest absolute Gasteiger partial charge is 0.508 e. The predicted molar refractivity (Wildman–Crippen MR) is 120 cm³/mol. The molecule has 4 unspecified atom stereocenters. The van der Waals surface area contributed by atoms with Crippen LogP contribution in [0.4, 0.5) is 4.39 Å². The topological polar surface area (TPSA) is 162 Å². The molecule has 3 amide bonds. The Bertz CT molecular complexity index is 1120. The summed E-state index contributed by atoms with van der Waals surface area (Å²) in [5.74, 6) is -2.88. The van der Waals surface area contributed by atoms with Crippen LogP contribution in [0.15, 0.2) is 54.1 Å². The summed E-state index contributed by atoms with van der Waals surface area (Å²) in [6.07, 6.45) is -1.69. The van der Waals surface area contributed by atoms with Crippen LogP contribution in [0.5, 0.6) is 5.75 Å². The highest BCUT2D eigenvalue weighted by Crippen LogP contribution is 2.22. The number of nitrogens with one attached hydrogen (secondary N) is 2. The minimum absolute atomic E-state index is 0.0146. The first kappa shape index (κ1) is 25.2. The van der Waals surface area contributed by atoms with E-state index in [9.17, 15) is 34.1 Å². The lowest BCUT2D eigenvalue weighted by Gasteiger charge is -2.31. The molecule has 3 rings (SSSR count). The van der Waals surface area contributed by atoms with Gasteiger partial charge in [0, 0.05) is 24.0 Å². The number of hydrogen-bond acceptors (Lipinski definition) is 6. The summed E-state index contributed by atoms with van der Waals surface area (Å²) in [7, 11) is 0. The van der Waals surface area contributed by atoms with Crippen molar-refractivity contribution in [3.05, 3.63) is 76.1 Å². The second kappa shape index (κ2) is 10.6. The first-order valence-electron chi connectivity index (χ1n) is 10.3. The molecule has 0 aliphatic heterocycles. The molecule has 0 fully saturated rings. The van der Waals surface area contributed by atoms with E-state index in [4.69, 9.17) is 17.3 Å². The van der Waals surface area contributed by atoms with E-state index in [1.807, 2.05) is 0 Å². The molecule has 0 heterocycles. The predicted octanol–water partition coefficient (Wildman–Crippen LogP) is 0.548. The number of halogens is 2. The van der Waals surface area contributed by atoms with Gasteiger partial charge in [-0.05, 0) is 35.9 Å². The van der Waals surface area contributed by atoms with Crippen molar-refractivity contribution in [2.45, 2.75) is 37.1 Å². The van der Waals surface area contributed by atoms with E-state index >= 15 is 0 Å². The monoisotopic (exact) mass is 491 g/mol. The molecule has 180 valence electrons. The Balaban J connectivity index is 1.74. The summed E-state index contributed by atoms with van der Waals surface area (Å²) in [5.41, 5.74) is 6.09. The van der Waals surface area contributed by atoms with Crippen molar-refractivity contribution in [2.75, 3.05) is 0 Å². The van der Waals surface area contributed by atoms with Gasteiger partial charge in [0.05, 0.1) is 17.2 Å². The second-order valence-corrected chi connectivity index (χ2v) is 8.29. The highest BCUT2D eigenvalue weighted by Gasteiger charge is 2.34. The van der Waals surface area contributed by atoms with Crippen molar-refractivity contribution >= 4 is 29.3 Å². The number of hydrogen-bond donors (Lipinski definition) is 6. The van der Waals surface area contributed by atoms with Gasteiger partial charge >= 0.3 is 0 Å². The lowest BCUT2D eigenvalue weighted by Crippen LogP contribution is -2.52. The molecular formula is C23H23ClFN3O6. The van der Waals surface area contributed by atoms with Crippen LogP contribution in [0, 0.1) is 5.82 Å². The SMILES string of the molecule is NC(=O)C(Cc1ccc(O)cc1)NC(=O)C1=CC(NC(=O)c2ccc(F)c(Cl)c2)C(O)C(O)C1. The molecular weight excluding hydrogens is 469 g/mol. The zero-order valence-corrected chi connectivity index (χ0v) is 18.5. The van der Waals surface area contributed by atoms with Crippen molar-refractivity contribution in [2.24, 2.45) is 5.73 Å². The van der Waals surface area contributed by atoms with E-state index in [2.05, 4.69) is 10.6 Å². The maximum Gasteiger partial charge on any atom is 0.251 e. The van der Waals surface area contributed by atoms with Crippen LogP contribution in [0.2, 0.25) is 5.02 Å². The normalized spacial score (nSPS) is 20.7. The number of benzene rings is 2. The third kappa shape index (κ3) is 6.10. The lowest BCUT2D eigenvalue weighted by molar-refractivity contribution is -0.125. The van der Waals surface area contributed by atoms with Gasteiger partial charge in [-0.1, -0.05) is 29.8 Å². The van der Waals surface area contributed by atoms with Gasteiger partial charge < -0.3 is 31.7 Å². The molecule has 9 nitrogen and oxygen atoms in total. The third-order valence-corrected chi connectivity index (χ3v) is 5.66. The highest BCUT2D eigenvalue weighted by atomic mass is 35.5. The van der Waals surface area contributed by atoms with Gasteiger partial charge in [-0.15, -0.1) is 0 Å². The third-order valence-electron chi connectivity index (χ3n) is 5.37. The number of carbonyl (C=O) groups excluding carboxylic acids is 3. The maximum atomic E-state index is 13.4. The molecule has 2 aromatic rings. The summed E-state index contributed by atoms with van der Waals surface area (Å²) >= 11 is 5.70. The van der Waals surface area contributed by atoms with E-state index in [1.54, 1.807) is 12.1 Å². The average Bonchev–Trinajstić information content (AvgIpc) is 2.79. The molecule has 0 radical (unpaired) electrons. The fourth-order valence-electron chi connectivity index (χ4n) is 3.48. The number of primary amides is 1. The molecule has 0 saturated heterocycles. The van der Waals surface area contributed by atoms with Gasteiger partial charge in [-0.3, -0.25) is 14.4 Å². The Morgan fingerprint density at radius 1 is 1.12 bits per heavy atom.